The average molecular weight is 468 g/mol. The summed E-state index contributed by atoms with van der Waals surface area (Å²) in [6.07, 6.45) is 2.91. The van der Waals surface area contributed by atoms with Gasteiger partial charge in [0, 0.05) is 31.2 Å². The number of hydrogen-bond acceptors (Lipinski definition) is 5. The Morgan fingerprint density at radius 2 is 1.85 bits per heavy atom. The monoisotopic (exact) mass is 467 g/mol. The molecule has 0 aliphatic heterocycles. The molecule has 0 fully saturated rings. The highest BCUT2D eigenvalue weighted by Gasteiger charge is 2.32. The highest BCUT2D eigenvalue weighted by molar-refractivity contribution is 7.07. The lowest BCUT2D eigenvalue weighted by molar-refractivity contribution is -0.132. The summed E-state index contributed by atoms with van der Waals surface area (Å²) in [6, 6.07) is 20.9. The van der Waals surface area contributed by atoms with E-state index in [1.165, 1.54) is 22.1 Å². The number of hydroxylamine groups is 1. The van der Waals surface area contributed by atoms with E-state index in [1.807, 2.05) is 36.5 Å². The van der Waals surface area contributed by atoms with Gasteiger partial charge in [0.25, 0.3) is 5.91 Å². The molecule has 5 rings (SSSR count). The van der Waals surface area contributed by atoms with Crippen LogP contribution in [0.3, 0.4) is 0 Å². The number of hydrogen-bond donors (Lipinski definition) is 2. The predicted molar refractivity (Wildman–Crippen MR) is 134 cm³/mol. The van der Waals surface area contributed by atoms with Gasteiger partial charge in [0.05, 0.1) is 11.4 Å². The molecule has 1 aliphatic carbocycles. The van der Waals surface area contributed by atoms with Crippen LogP contribution in [0.5, 0.6) is 0 Å². The minimum Gasteiger partial charge on any atom is -0.294 e. The van der Waals surface area contributed by atoms with Crippen molar-refractivity contribution in [1.29, 1.82) is 0 Å². The molecule has 2 aromatic carbocycles. The summed E-state index contributed by atoms with van der Waals surface area (Å²) in [4.78, 5) is 18.8. The van der Waals surface area contributed by atoms with Crippen molar-refractivity contribution in [1.82, 2.24) is 15.4 Å². The van der Waals surface area contributed by atoms with Crippen molar-refractivity contribution in [3.63, 3.8) is 0 Å². The number of rotatable bonds is 9. The molecule has 5 nitrogen and oxygen atoms in total. The van der Waals surface area contributed by atoms with Crippen molar-refractivity contribution >= 4 is 28.1 Å². The first-order valence-electron chi connectivity index (χ1n) is 11.3. The molecule has 0 bridgehead atoms. The van der Waals surface area contributed by atoms with E-state index < -0.39 is 11.8 Å². The van der Waals surface area contributed by atoms with Gasteiger partial charge in [0.1, 0.15) is 5.92 Å². The second-order valence-corrected chi connectivity index (χ2v) is 9.37. The van der Waals surface area contributed by atoms with Crippen molar-refractivity contribution in [3.05, 3.63) is 99.9 Å². The molecule has 2 N–H and O–H groups in total. The third-order valence-corrected chi connectivity index (χ3v) is 6.95. The normalized spacial score (nSPS) is 16.6. The fraction of sp³-hybridized carbons (Fsp3) is 0.214. The smallest absolute Gasteiger partial charge is 0.260 e. The summed E-state index contributed by atoms with van der Waals surface area (Å²) in [5.74, 6) is 4.76. The quantitative estimate of drug-likeness (QED) is 0.212. The number of carbonyl (C=O) groups is 1. The zero-order chi connectivity index (χ0) is 23.3. The van der Waals surface area contributed by atoms with Gasteiger partial charge in [-0.1, -0.05) is 54.3 Å². The maximum atomic E-state index is 11.7. The van der Waals surface area contributed by atoms with E-state index in [0.29, 0.717) is 0 Å². The highest BCUT2D eigenvalue weighted by atomic mass is 32.1. The van der Waals surface area contributed by atoms with Crippen LogP contribution < -0.4 is 5.48 Å². The van der Waals surface area contributed by atoms with Crippen molar-refractivity contribution in [3.8, 4) is 11.8 Å². The number of carbonyl (C=O) groups excluding carboxylic acids is 1. The Morgan fingerprint density at radius 3 is 2.59 bits per heavy atom. The number of pyridine rings is 1. The summed E-state index contributed by atoms with van der Waals surface area (Å²) in [7, 11) is 0. The molecular formula is C28H25N3O2S. The Kier molecular flexibility index (Phi) is 6.68. The molecule has 2 heterocycles. The molecule has 6 heteroatoms. The highest BCUT2D eigenvalue weighted by Crippen LogP contribution is 2.30. The van der Waals surface area contributed by atoms with Gasteiger partial charge in [-0.15, -0.1) is 0 Å². The Balaban J connectivity index is 1.27. The number of nitrogens with zero attached hydrogens (tertiary/aromatic N) is 2. The number of benzene rings is 2. The lowest BCUT2D eigenvalue weighted by Crippen LogP contribution is -2.34. The molecule has 34 heavy (non-hydrogen) atoms. The van der Waals surface area contributed by atoms with Gasteiger partial charge in [-0.3, -0.25) is 19.9 Å². The molecule has 170 valence electrons. The van der Waals surface area contributed by atoms with E-state index in [-0.39, 0.29) is 5.92 Å². The molecule has 0 spiro atoms. The van der Waals surface area contributed by atoms with Gasteiger partial charge in [0.2, 0.25) is 0 Å². The van der Waals surface area contributed by atoms with Crippen LogP contribution in [-0.2, 0) is 24.3 Å². The molecule has 0 saturated heterocycles. The Labute approximate surface area is 203 Å². The second kappa shape index (κ2) is 10.2. The van der Waals surface area contributed by atoms with Crippen LogP contribution >= 0.6 is 11.3 Å². The molecule has 2 unspecified atom stereocenters. The largest absolute Gasteiger partial charge is 0.294 e. The summed E-state index contributed by atoms with van der Waals surface area (Å²) in [5, 5.41) is 14.4. The molecule has 1 aliphatic rings. The summed E-state index contributed by atoms with van der Waals surface area (Å²) in [6.45, 7) is 2.64. The van der Waals surface area contributed by atoms with Crippen LogP contribution in [0, 0.1) is 17.8 Å². The number of aromatic nitrogens is 1. The zero-order valence-electron chi connectivity index (χ0n) is 18.6. The molecule has 1 amide bonds. The number of amides is 1. The zero-order valence-corrected chi connectivity index (χ0v) is 19.5. The van der Waals surface area contributed by atoms with E-state index >= 15 is 0 Å². The predicted octanol–water partition coefficient (Wildman–Crippen LogP) is 4.76. The Morgan fingerprint density at radius 1 is 1.03 bits per heavy atom. The van der Waals surface area contributed by atoms with Crippen LogP contribution in [0.25, 0.3) is 10.9 Å². The minimum atomic E-state index is -0.485. The van der Waals surface area contributed by atoms with Gasteiger partial charge < -0.3 is 0 Å². The first-order chi connectivity index (χ1) is 16.7. The maximum Gasteiger partial charge on any atom is 0.260 e. The van der Waals surface area contributed by atoms with Gasteiger partial charge in [-0.05, 0) is 57.6 Å². The van der Waals surface area contributed by atoms with Crippen molar-refractivity contribution in [2.45, 2.75) is 25.4 Å². The standard InChI is InChI=1S/C28H25N3O2S/c32-28(30-33)26-10-9-25(26)23-7-5-20(6-8-23)17-31(18-22-12-14-34-19-22)13-11-21-15-24-3-1-2-4-27(24)29-16-21/h1-8,12,14-16,19,25-26,33H,11,13,17-18H2,(H,30,32). The van der Waals surface area contributed by atoms with Gasteiger partial charge >= 0.3 is 0 Å². The topological polar surface area (TPSA) is 65.5 Å². The van der Waals surface area contributed by atoms with Crippen molar-refractivity contribution in [2.24, 2.45) is 5.92 Å². The second-order valence-electron chi connectivity index (χ2n) is 8.59. The van der Waals surface area contributed by atoms with Crippen LogP contribution in [0.15, 0.2) is 77.6 Å². The Bertz CT molecular complexity index is 1340. The number of para-hydroxylation sites is 1. The van der Waals surface area contributed by atoms with Gasteiger partial charge in [-0.25, -0.2) is 5.48 Å². The van der Waals surface area contributed by atoms with Crippen LogP contribution in [0.1, 0.15) is 28.2 Å². The lowest BCUT2D eigenvalue weighted by Gasteiger charge is -2.24. The van der Waals surface area contributed by atoms with E-state index in [9.17, 15) is 4.79 Å². The van der Waals surface area contributed by atoms with E-state index in [4.69, 9.17) is 5.21 Å². The molecule has 0 saturated carbocycles. The minimum absolute atomic E-state index is 0.163. The number of nitrogens with one attached hydrogen (secondary N) is 1. The average Bonchev–Trinajstić information content (AvgIpc) is 3.36. The number of fused-ring (bicyclic) bond motifs is 1. The van der Waals surface area contributed by atoms with Gasteiger partial charge in [-0.2, -0.15) is 11.3 Å². The van der Waals surface area contributed by atoms with Crippen molar-refractivity contribution < 1.29 is 10.0 Å². The van der Waals surface area contributed by atoms with Gasteiger partial charge in [0.15, 0.2) is 0 Å². The van der Waals surface area contributed by atoms with Crippen molar-refractivity contribution in [2.75, 3.05) is 6.54 Å². The fourth-order valence-corrected chi connectivity index (χ4v) is 4.96. The molecule has 2 aromatic heterocycles. The van der Waals surface area contributed by atoms with Crippen LogP contribution in [0.2, 0.25) is 0 Å². The molecule has 2 atom stereocenters. The summed E-state index contributed by atoms with van der Waals surface area (Å²) in [5.41, 5.74) is 7.51. The summed E-state index contributed by atoms with van der Waals surface area (Å²) >= 11 is 1.72. The molecular weight excluding hydrogens is 442 g/mol. The summed E-state index contributed by atoms with van der Waals surface area (Å²) < 4.78 is 0. The van der Waals surface area contributed by atoms with E-state index in [2.05, 4.69) is 62.8 Å². The lowest BCUT2D eigenvalue weighted by atomic mass is 9.79. The third-order valence-electron chi connectivity index (χ3n) is 6.22. The maximum absolute atomic E-state index is 11.7. The molecule has 4 aromatic rings. The van der Waals surface area contributed by atoms with E-state index in [1.54, 1.807) is 16.8 Å². The third kappa shape index (κ3) is 5.02. The first kappa shape index (κ1) is 22.3. The first-order valence-corrected chi connectivity index (χ1v) is 12.2. The van der Waals surface area contributed by atoms with Crippen LogP contribution in [0.4, 0.5) is 0 Å². The fourth-order valence-electron chi connectivity index (χ4n) is 4.30. The van der Waals surface area contributed by atoms with E-state index in [0.717, 1.165) is 37.1 Å². The number of thiophene rings is 1. The van der Waals surface area contributed by atoms with Crippen LogP contribution in [-0.4, -0.2) is 27.5 Å². The molecule has 0 radical (unpaired) electrons. The SMILES string of the molecule is O=C(NO)C1C#CC1c1ccc(CN(CCc2cnc3ccccc3c2)Cc2ccsc2)cc1. The Hall–Kier alpha value is -3.50.